The van der Waals surface area contributed by atoms with Gasteiger partial charge < -0.3 is 24.6 Å². The fourth-order valence-electron chi connectivity index (χ4n) is 4.59. The van der Waals surface area contributed by atoms with E-state index in [1.54, 1.807) is 14.2 Å². The third-order valence-corrected chi connectivity index (χ3v) is 6.30. The average Bonchev–Trinajstić information content (AvgIpc) is 3.25. The summed E-state index contributed by atoms with van der Waals surface area (Å²) in [5, 5.41) is 3.52. The Morgan fingerprint density at radius 2 is 1.87 bits per heavy atom. The number of guanidine groups is 1. The van der Waals surface area contributed by atoms with Crippen LogP contribution in [0, 0.1) is 5.92 Å². The second kappa shape index (κ2) is 12.2. The van der Waals surface area contributed by atoms with Crippen LogP contribution in [0.2, 0.25) is 0 Å². The van der Waals surface area contributed by atoms with Gasteiger partial charge in [-0.1, -0.05) is 6.92 Å². The predicted octanol–water partition coefficient (Wildman–Crippen LogP) is 2.52. The monoisotopic (exact) mass is 431 g/mol. The molecule has 2 aliphatic heterocycles. The van der Waals surface area contributed by atoms with Crippen LogP contribution in [0.4, 0.5) is 0 Å². The van der Waals surface area contributed by atoms with Gasteiger partial charge in [0.1, 0.15) is 11.5 Å². The highest BCUT2D eigenvalue weighted by Crippen LogP contribution is 2.25. The van der Waals surface area contributed by atoms with Gasteiger partial charge in [0.2, 0.25) is 0 Å². The molecular formula is C24H41N5O2. The van der Waals surface area contributed by atoms with Crippen LogP contribution in [0.5, 0.6) is 11.5 Å². The first-order valence-corrected chi connectivity index (χ1v) is 11.9. The van der Waals surface area contributed by atoms with Crippen molar-refractivity contribution in [3.8, 4) is 11.5 Å². The molecule has 31 heavy (non-hydrogen) atoms. The minimum Gasteiger partial charge on any atom is -0.497 e. The Hall–Kier alpha value is -1.99. The van der Waals surface area contributed by atoms with Crippen LogP contribution in [0.3, 0.4) is 0 Å². The van der Waals surface area contributed by atoms with Crippen molar-refractivity contribution in [2.45, 2.75) is 33.2 Å². The second-order valence-corrected chi connectivity index (χ2v) is 8.59. The number of ether oxygens (including phenoxy) is 2. The zero-order chi connectivity index (χ0) is 22.1. The molecule has 3 rings (SSSR count). The molecule has 0 amide bonds. The number of hydrogen-bond donors (Lipinski definition) is 1. The molecule has 0 aromatic heterocycles. The van der Waals surface area contributed by atoms with E-state index in [0.29, 0.717) is 5.92 Å². The summed E-state index contributed by atoms with van der Waals surface area (Å²) < 4.78 is 11.0. The first-order chi connectivity index (χ1) is 15.2. The van der Waals surface area contributed by atoms with Crippen molar-refractivity contribution < 1.29 is 9.47 Å². The lowest BCUT2D eigenvalue weighted by Gasteiger charge is -2.36. The molecular weight excluding hydrogens is 390 g/mol. The summed E-state index contributed by atoms with van der Waals surface area (Å²) in [5.74, 6) is 3.57. The molecule has 1 aromatic rings. The number of nitrogens with zero attached hydrogens (tertiary/aromatic N) is 4. The third kappa shape index (κ3) is 6.74. The number of methoxy groups -OCH3 is 2. The molecule has 7 heteroatoms. The lowest BCUT2D eigenvalue weighted by atomic mass is 10.1. The van der Waals surface area contributed by atoms with Gasteiger partial charge in [-0.3, -0.25) is 9.89 Å². The van der Waals surface area contributed by atoms with E-state index in [9.17, 15) is 0 Å². The molecule has 0 saturated carbocycles. The topological polar surface area (TPSA) is 52.6 Å². The Labute approximate surface area is 188 Å². The van der Waals surface area contributed by atoms with Gasteiger partial charge in [0.05, 0.1) is 14.2 Å². The maximum absolute atomic E-state index is 5.56. The first kappa shape index (κ1) is 23.7. The standard InChI is InChI=1S/C24H41N5O2/c1-5-10-27-11-9-20(18-27)17-26-24(25-6-2)29-14-12-28(13-15-29)19-21-16-22(30-3)7-8-23(21)31-4/h7-8,16,20H,5-6,9-15,17-19H2,1-4H3,(H,25,26). The summed E-state index contributed by atoms with van der Waals surface area (Å²) in [6.45, 7) is 14.8. The highest BCUT2D eigenvalue weighted by Gasteiger charge is 2.24. The van der Waals surface area contributed by atoms with Gasteiger partial charge in [0.15, 0.2) is 5.96 Å². The highest BCUT2D eigenvalue weighted by molar-refractivity contribution is 5.80. The van der Waals surface area contributed by atoms with E-state index in [-0.39, 0.29) is 0 Å². The zero-order valence-electron chi connectivity index (χ0n) is 19.9. The minimum absolute atomic E-state index is 0.696. The summed E-state index contributed by atoms with van der Waals surface area (Å²) in [7, 11) is 3.44. The summed E-state index contributed by atoms with van der Waals surface area (Å²) >= 11 is 0. The molecule has 1 N–H and O–H groups in total. The molecule has 1 unspecified atom stereocenters. The Bertz CT molecular complexity index is 703. The fraction of sp³-hybridized carbons (Fsp3) is 0.708. The summed E-state index contributed by atoms with van der Waals surface area (Å²) in [4.78, 5) is 12.5. The van der Waals surface area contributed by atoms with E-state index in [1.807, 2.05) is 12.1 Å². The average molecular weight is 432 g/mol. The molecule has 0 bridgehead atoms. The zero-order valence-corrected chi connectivity index (χ0v) is 19.9. The van der Waals surface area contributed by atoms with Gasteiger partial charge >= 0.3 is 0 Å². The Balaban J connectivity index is 1.53. The normalized spacial score (nSPS) is 20.8. The fourth-order valence-corrected chi connectivity index (χ4v) is 4.59. The van der Waals surface area contributed by atoms with Crippen LogP contribution >= 0.6 is 0 Å². The molecule has 2 saturated heterocycles. The van der Waals surface area contributed by atoms with Crippen molar-refractivity contribution in [1.29, 1.82) is 0 Å². The molecule has 0 spiro atoms. The maximum Gasteiger partial charge on any atom is 0.194 e. The van der Waals surface area contributed by atoms with Gasteiger partial charge in [0.25, 0.3) is 0 Å². The quantitative estimate of drug-likeness (QED) is 0.479. The van der Waals surface area contributed by atoms with Crippen molar-refractivity contribution in [2.75, 3.05) is 73.1 Å². The van der Waals surface area contributed by atoms with E-state index in [0.717, 1.165) is 63.3 Å². The third-order valence-electron chi connectivity index (χ3n) is 6.30. The van der Waals surface area contributed by atoms with Crippen LogP contribution in [0.25, 0.3) is 0 Å². The summed E-state index contributed by atoms with van der Waals surface area (Å²) in [6, 6.07) is 6.02. The van der Waals surface area contributed by atoms with Crippen molar-refractivity contribution in [1.82, 2.24) is 20.0 Å². The SMILES string of the molecule is CCCN1CCC(CN=C(NCC)N2CCN(Cc3cc(OC)ccc3OC)CC2)C1. The van der Waals surface area contributed by atoms with Crippen molar-refractivity contribution in [2.24, 2.45) is 10.9 Å². The lowest BCUT2D eigenvalue weighted by molar-refractivity contribution is 0.171. The van der Waals surface area contributed by atoms with Gasteiger partial charge in [0, 0.05) is 57.9 Å². The number of likely N-dealkylation sites (tertiary alicyclic amines) is 1. The van der Waals surface area contributed by atoms with Crippen LogP contribution < -0.4 is 14.8 Å². The molecule has 2 aliphatic rings. The Morgan fingerprint density at radius 1 is 1.06 bits per heavy atom. The molecule has 1 aromatic carbocycles. The van der Waals surface area contributed by atoms with E-state index in [4.69, 9.17) is 14.5 Å². The Morgan fingerprint density at radius 3 is 2.55 bits per heavy atom. The molecule has 0 radical (unpaired) electrons. The van der Waals surface area contributed by atoms with Crippen LogP contribution in [0.1, 0.15) is 32.3 Å². The molecule has 1 atom stereocenters. The largest absolute Gasteiger partial charge is 0.497 e. The van der Waals surface area contributed by atoms with Gasteiger partial charge in [-0.25, -0.2) is 0 Å². The highest BCUT2D eigenvalue weighted by atomic mass is 16.5. The maximum atomic E-state index is 5.56. The summed E-state index contributed by atoms with van der Waals surface area (Å²) in [6.07, 6.45) is 2.52. The number of benzene rings is 1. The van der Waals surface area contributed by atoms with Gasteiger partial charge in [-0.05, 0) is 57.0 Å². The van der Waals surface area contributed by atoms with Crippen LogP contribution in [-0.2, 0) is 6.54 Å². The molecule has 174 valence electrons. The molecule has 0 aliphatic carbocycles. The number of aliphatic imine (C=N–C) groups is 1. The summed E-state index contributed by atoms with van der Waals surface area (Å²) in [5.41, 5.74) is 1.17. The Kier molecular flexibility index (Phi) is 9.28. The minimum atomic E-state index is 0.696. The van der Waals surface area contributed by atoms with E-state index < -0.39 is 0 Å². The van der Waals surface area contributed by atoms with E-state index in [2.05, 4.69) is 39.9 Å². The van der Waals surface area contributed by atoms with Gasteiger partial charge in [-0.15, -0.1) is 0 Å². The van der Waals surface area contributed by atoms with Gasteiger partial charge in [-0.2, -0.15) is 0 Å². The second-order valence-electron chi connectivity index (χ2n) is 8.59. The smallest absolute Gasteiger partial charge is 0.194 e. The van der Waals surface area contributed by atoms with Crippen molar-refractivity contribution in [3.63, 3.8) is 0 Å². The predicted molar refractivity (Wildman–Crippen MR) is 127 cm³/mol. The van der Waals surface area contributed by atoms with E-state index in [1.165, 1.54) is 38.0 Å². The van der Waals surface area contributed by atoms with Crippen LogP contribution in [-0.4, -0.2) is 93.8 Å². The number of nitrogens with one attached hydrogen (secondary N) is 1. The lowest BCUT2D eigenvalue weighted by Crippen LogP contribution is -2.52. The number of piperazine rings is 1. The molecule has 2 fully saturated rings. The van der Waals surface area contributed by atoms with Crippen molar-refractivity contribution in [3.05, 3.63) is 23.8 Å². The van der Waals surface area contributed by atoms with Crippen molar-refractivity contribution >= 4 is 5.96 Å². The van der Waals surface area contributed by atoms with E-state index >= 15 is 0 Å². The first-order valence-electron chi connectivity index (χ1n) is 11.9. The number of rotatable bonds is 9. The molecule has 7 nitrogen and oxygen atoms in total. The molecule has 2 heterocycles. The van der Waals surface area contributed by atoms with Crippen LogP contribution in [0.15, 0.2) is 23.2 Å². The number of hydrogen-bond acceptors (Lipinski definition) is 5.